The summed E-state index contributed by atoms with van der Waals surface area (Å²) in [6.45, 7) is 6.00. The monoisotopic (exact) mass is 242 g/mol. The number of aromatic nitrogens is 2. The molecule has 0 fully saturated rings. The Balaban J connectivity index is 3.32. The fourth-order valence-electron chi connectivity index (χ4n) is 1.65. The summed E-state index contributed by atoms with van der Waals surface area (Å²) in [5, 5.41) is 16.6. The van der Waals surface area contributed by atoms with Crippen molar-refractivity contribution in [3.05, 3.63) is 22.0 Å². The maximum absolute atomic E-state index is 11.0. The summed E-state index contributed by atoms with van der Waals surface area (Å²) in [5.74, 6) is -0.653. The molecule has 0 radical (unpaired) electrons. The highest BCUT2D eigenvalue weighted by molar-refractivity contribution is 6.30. The third-order valence-corrected chi connectivity index (χ3v) is 2.61. The van der Waals surface area contributed by atoms with Crippen LogP contribution in [0.1, 0.15) is 42.4 Å². The summed E-state index contributed by atoms with van der Waals surface area (Å²) in [5.41, 5.74) is 1.52. The maximum Gasteiger partial charge on any atom is 0.356 e. The van der Waals surface area contributed by atoms with E-state index in [1.165, 1.54) is 0 Å². The Hall–Kier alpha value is -1.16. The highest BCUT2D eigenvalue weighted by Gasteiger charge is 2.19. The first-order valence-electron chi connectivity index (χ1n) is 5.24. The van der Waals surface area contributed by atoms with Crippen LogP contribution in [0.15, 0.2) is 0 Å². The zero-order chi connectivity index (χ0) is 12.3. The Morgan fingerprint density at radius 3 is 2.44 bits per heavy atom. The van der Waals surface area contributed by atoms with Gasteiger partial charge in [-0.3, -0.25) is 0 Å². The van der Waals surface area contributed by atoms with Gasteiger partial charge in [-0.25, -0.2) is 4.79 Å². The number of carboxylic acids is 1. The van der Waals surface area contributed by atoms with Gasteiger partial charge in [-0.15, -0.1) is 10.2 Å². The van der Waals surface area contributed by atoms with E-state index in [0.717, 1.165) is 12.0 Å². The van der Waals surface area contributed by atoms with Crippen molar-refractivity contribution >= 4 is 17.6 Å². The lowest BCUT2D eigenvalue weighted by atomic mass is 9.97. The topological polar surface area (TPSA) is 63.1 Å². The van der Waals surface area contributed by atoms with Crippen LogP contribution in [0.3, 0.4) is 0 Å². The molecule has 0 saturated carbocycles. The summed E-state index contributed by atoms with van der Waals surface area (Å²) in [6.07, 6.45) is 1.32. The summed E-state index contributed by atoms with van der Waals surface area (Å²) in [4.78, 5) is 11.0. The van der Waals surface area contributed by atoms with Gasteiger partial charge >= 0.3 is 5.97 Å². The van der Waals surface area contributed by atoms with Crippen LogP contribution in [0.5, 0.6) is 0 Å². The van der Waals surface area contributed by atoms with E-state index in [0.29, 0.717) is 23.1 Å². The lowest BCUT2D eigenvalue weighted by molar-refractivity contribution is 0.0687. The van der Waals surface area contributed by atoms with Gasteiger partial charge in [0.2, 0.25) is 0 Å². The molecule has 1 aromatic rings. The fourth-order valence-corrected chi connectivity index (χ4v) is 1.88. The third-order valence-electron chi connectivity index (χ3n) is 2.31. The zero-order valence-corrected chi connectivity index (χ0v) is 10.4. The van der Waals surface area contributed by atoms with Gasteiger partial charge < -0.3 is 5.11 Å². The van der Waals surface area contributed by atoms with E-state index >= 15 is 0 Å². The Morgan fingerprint density at radius 2 is 2.00 bits per heavy atom. The van der Waals surface area contributed by atoms with Crippen molar-refractivity contribution in [2.75, 3.05) is 0 Å². The molecule has 0 aliphatic rings. The van der Waals surface area contributed by atoms with E-state index in [-0.39, 0.29) is 5.69 Å². The van der Waals surface area contributed by atoms with Gasteiger partial charge in [-0.2, -0.15) is 0 Å². The molecule has 1 rings (SSSR count). The molecule has 5 heteroatoms. The molecule has 0 saturated heterocycles. The number of aromatic carboxylic acids is 1. The van der Waals surface area contributed by atoms with E-state index in [2.05, 4.69) is 24.0 Å². The maximum atomic E-state index is 11.0. The molecule has 0 bridgehead atoms. The quantitative estimate of drug-likeness (QED) is 0.882. The van der Waals surface area contributed by atoms with E-state index in [9.17, 15) is 4.79 Å². The molecule has 0 aromatic carbocycles. The van der Waals surface area contributed by atoms with Crippen LogP contribution in [-0.4, -0.2) is 21.3 Å². The Bertz CT molecular complexity index is 405. The van der Waals surface area contributed by atoms with E-state index in [1.54, 1.807) is 0 Å². The SMILES string of the molecule is CCc1c(C(=O)O)nnc(Cl)c1CC(C)C. The average molecular weight is 243 g/mol. The van der Waals surface area contributed by atoms with Crippen molar-refractivity contribution in [1.82, 2.24) is 10.2 Å². The van der Waals surface area contributed by atoms with Crippen molar-refractivity contribution in [3.63, 3.8) is 0 Å². The molecule has 4 nitrogen and oxygen atoms in total. The van der Waals surface area contributed by atoms with Crippen molar-refractivity contribution in [2.24, 2.45) is 5.92 Å². The number of hydrogen-bond acceptors (Lipinski definition) is 3. The summed E-state index contributed by atoms with van der Waals surface area (Å²) in [7, 11) is 0. The molecular formula is C11H15ClN2O2. The van der Waals surface area contributed by atoms with Gasteiger partial charge in [0.25, 0.3) is 0 Å². The number of hydrogen-bond donors (Lipinski definition) is 1. The molecular weight excluding hydrogens is 228 g/mol. The fraction of sp³-hybridized carbons (Fsp3) is 0.545. The van der Waals surface area contributed by atoms with Gasteiger partial charge in [0, 0.05) is 0 Å². The second kappa shape index (κ2) is 5.25. The molecule has 0 unspecified atom stereocenters. The van der Waals surface area contributed by atoms with E-state index in [4.69, 9.17) is 16.7 Å². The summed E-state index contributed by atoms with van der Waals surface area (Å²) < 4.78 is 0. The van der Waals surface area contributed by atoms with Crippen LogP contribution in [0.25, 0.3) is 0 Å². The predicted octanol–water partition coefficient (Wildman–Crippen LogP) is 2.59. The first-order chi connectivity index (χ1) is 7.47. The number of halogens is 1. The highest BCUT2D eigenvalue weighted by atomic mass is 35.5. The van der Waals surface area contributed by atoms with Gasteiger partial charge in [0.05, 0.1) is 0 Å². The molecule has 0 aliphatic carbocycles. The highest BCUT2D eigenvalue weighted by Crippen LogP contribution is 2.23. The Labute approximate surface area is 99.7 Å². The van der Waals surface area contributed by atoms with Crippen molar-refractivity contribution in [1.29, 1.82) is 0 Å². The number of carbonyl (C=O) groups is 1. The molecule has 16 heavy (non-hydrogen) atoms. The summed E-state index contributed by atoms with van der Waals surface area (Å²) in [6, 6.07) is 0. The Morgan fingerprint density at radius 1 is 1.38 bits per heavy atom. The minimum Gasteiger partial charge on any atom is -0.476 e. The average Bonchev–Trinajstić information content (AvgIpc) is 2.19. The third kappa shape index (κ3) is 2.70. The van der Waals surface area contributed by atoms with Gasteiger partial charge in [-0.1, -0.05) is 32.4 Å². The first kappa shape index (κ1) is 12.9. The van der Waals surface area contributed by atoms with Gasteiger partial charge in [-0.05, 0) is 29.9 Å². The van der Waals surface area contributed by atoms with Crippen LogP contribution in [0, 0.1) is 5.92 Å². The molecule has 1 heterocycles. The largest absolute Gasteiger partial charge is 0.476 e. The summed E-state index contributed by atoms with van der Waals surface area (Å²) >= 11 is 5.96. The Kier molecular flexibility index (Phi) is 4.24. The predicted molar refractivity (Wildman–Crippen MR) is 61.9 cm³/mol. The number of rotatable bonds is 4. The molecule has 0 atom stereocenters. The van der Waals surface area contributed by atoms with E-state index < -0.39 is 5.97 Å². The van der Waals surface area contributed by atoms with Crippen LogP contribution >= 0.6 is 11.6 Å². The smallest absolute Gasteiger partial charge is 0.356 e. The van der Waals surface area contributed by atoms with E-state index in [1.807, 2.05) is 6.92 Å². The molecule has 1 aromatic heterocycles. The van der Waals surface area contributed by atoms with Crippen molar-refractivity contribution in [3.8, 4) is 0 Å². The van der Waals surface area contributed by atoms with Crippen LogP contribution in [-0.2, 0) is 12.8 Å². The molecule has 88 valence electrons. The lowest BCUT2D eigenvalue weighted by Gasteiger charge is -2.12. The molecule has 0 aliphatic heterocycles. The van der Waals surface area contributed by atoms with Crippen molar-refractivity contribution in [2.45, 2.75) is 33.6 Å². The van der Waals surface area contributed by atoms with Gasteiger partial charge in [0.15, 0.2) is 10.8 Å². The van der Waals surface area contributed by atoms with Crippen LogP contribution in [0.4, 0.5) is 0 Å². The minimum atomic E-state index is -1.05. The first-order valence-corrected chi connectivity index (χ1v) is 5.62. The second-order valence-corrected chi connectivity index (χ2v) is 4.41. The van der Waals surface area contributed by atoms with Crippen molar-refractivity contribution < 1.29 is 9.90 Å². The van der Waals surface area contributed by atoms with Gasteiger partial charge in [0.1, 0.15) is 0 Å². The standard InChI is InChI=1S/C11H15ClN2O2/c1-4-7-8(5-6(2)3)10(12)14-13-9(7)11(15)16/h6H,4-5H2,1-3H3,(H,15,16). The van der Waals surface area contributed by atoms with Crippen LogP contribution < -0.4 is 0 Å². The normalized spacial score (nSPS) is 10.8. The second-order valence-electron chi connectivity index (χ2n) is 4.05. The molecule has 1 N–H and O–H groups in total. The number of nitrogens with zero attached hydrogens (tertiary/aromatic N) is 2. The van der Waals surface area contributed by atoms with Crippen LogP contribution in [0.2, 0.25) is 5.15 Å². The lowest BCUT2D eigenvalue weighted by Crippen LogP contribution is -2.12. The molecule has 0 spiro atoms. The number of carboxylic acid groups (broad SMARTS) is 1. The minimum absolute atomic E-state index is 0.0163. The zero-order valence-electron chi connectivity index (χ0n) is 9.62. The molecule has 0 amide bonds.